The summed E-state index contributed by atoms with van der Waals surface area (Å²) in [5.74, 6) is -0.472. The van der Waals surface area contributed by atoms with Gasteiger partial charge in [-0.2, -0.15) is 0 Å². The lowest BCUT2D eigenvalue weighted by Gasteiger charge is -2.29. The molecular weight excluding hydrogens is 334 g/mol. The summed E-state index contributed by atoms with van der Waals surface area (Å²) < 4.78 is 11.0. The van der Waals surface area contributed by atoms with E-state index in [1.165, 1.54) is 4.90 Å². The van der Waals surface area contributed by atoms with Crippen molar-refractivity contribution in [1.29, 1.82) is 0 Å². The second-order valence-corrected chi connectivity index (χ2v) is 6.89. The number of ether oxygens (including phenoxy) is 1. The van der Waals surface area contributed by atoms with Gasteiger partial charge in [0.1, 0.15) is 17.9 Å². The highest BCUT2D eigenvalue weighted by Crippen LogP contribution is 2.31. The highest BCUT2D eigenvalue weighted by atomic mass is 16.5. The smallest absolute Gasteiger partial charge is 0.323 e. The second-order valence-electron chi connectivity index (χ2n) is 6.89. The van der Waals surface area contributed by atoms with Crippen LogP contribution in [0.4, 0.5) is 0 Å². The first-order valence-corrected chi connectivity index (χ1v) is 9.11. The van der Waals surface area contributed by atoms with Crippen LogP contribution in [0.3, 0.4) is 0 Å². The van der Waals surface area contributed by atoms with Crippen molar-refractivity contribution >= 4 is 22.8 Å². The second kappa shape index (κ2) is 7.81. The Labute approximate surface area is 152 Å². The van der Waals surface area contributed by atoms with Crippen molar-refractivity contribution in [1.82, 2.24) is 4.90 Å². The number of carbonyl (C=O) groups is 2. The molecule has 3 rings (SSSR count). The number of carbonyl (C=O) groups excluding carboxylic acids is 1. The van der Waals surface area contributed by atoms with Gasteiger partial charge in [-0.25, -0.2) is 0 Å². The maximum atomic E-state index is 13.2. The van der Waals surface area contributed by atoms with Gasteiger partial charge >= 0.3 is 5.97 Å². The zero-order chi connectivity index (χ0) is 18.7. The number of carboxylic acids is 1. The average molecular weight is 359 g/mol. The summed E-state index contributed by atoms with van der Waals surface area (Å²) in [7, 11) is 1.57. The van der Waals surface area contributed by atoms with Crippen LogP contribution in [0, 0.1) is 6.92 Å². The topological polar surface area (TPSA) is 80.0 Å². The van der Waals surface area contributed by atoms with Crippen molar-refractivity contribution in [2.45, 2.75) is 51.5 Å². The van der Waals surface area contributed by atoms with Gasteiger partial charge in [-0.1, -0.05) is 25.7 Å². The van der Waals surface area contributed by atoms with Gasteiger partial charge in [0.15, 0.2) is 5.76 Å². The van der Waals surface area contributed by atoms with Crippen LogP contribution in [0.1, 0.15) is 54.6 Å². The number of benzene rings is 1. The van der Waals surface area contributed by atoms with Crippen LogP contribution in [-0.4, -0.2) is 41.6 Å². The van der Waals surface area contributed by atoms with Crippen LogP contribution in [0.25, 0.3) is 11.0 Å². The van der Waals surface area contributed by atoms with Crippen molar-refractivity contribution in [3.05, 3.63) is 29.5 Å². The molecule has 1 amide bonds. The maximum Gasteiger partial charge on any atom is 0.323 e. The molecule has 1 aromatic carbocycles. The fourth-order valence-electron chi connectivity index (χ4n) is 3.75. The normalized spacial score (nSPS) is 15.6. The zero-order valence-corrected chi connectivity index (χ0v) is 15.3. The highest BCUT2D eigenvalue weighted by Gasteiger charge is 2.31. The molecule has 0 atom stereocenters. The number of rotatable bonds is 5. The van der Waals surface area contributed by atoms with E-state index < -0.39 is 5.97 Å². The molecule has 1 aliphatic rings. The predicted octanol–water partition coefficient (Wildman–Crippen LogP) is 4.00. The summed E-state index contributed by atoms with van der Waals surface area (Å²) >= 11 is 0. The van der Waals surface area contributed by atoms with E-state index in [-0.39, 0.29) is 24.3 Å². The largest absolute Gasteiger partial charge is 0.497 e. The number of hydrogen-bond acceptors (Lipinski definition) is 4. The molecule has 0 aliphatic heterocycles. The number of nitrogens with zero attached hydrogens (tertiary/aromatic N) is 1. The number of furan rings is 1. The molecule has 0 unspecified atom stereocenters. The summed E-state index contributed by atoms with van der Waals surface area (Å²) in [5, 5.41) is 10.2. The molecule has 6 nitrogen and oxygen atoms in total. The molecule has 1 N–H and O–H groups in total. The Morgan fingerprint density at radius 2 is 1.92 bits per heavy atom. The molecule has 26 heavy (non-hydrogen) atoms. The van der Waals surface area contributed by atoms with Gasteiger partial charge < -0.3 is 19.2 Å². The van der Waals surface area contributed by atoms with Gasteiger partial charge in [-0.05, 0) is 31.9 Å². The van der Waals surface area contributed by atoms with Crippen LogP contribution in [0.2, 0.25) is 0 Å². The predicted molar refractivity (Wildman–Crippen MR) is 97.7 cm³/mol. The Morgan fingerprint density at radius 3 is 2.54 bits per heavy atom. The van der Waals surface area contributed by atoms with E-state index in [4.69, 9.17) is 9.15 Å². The molecule has 1 heterocycles. The van der Waals surface area contributed by atoms with Crippen LogP contribution in [0.15, 0.2) is 22.6 Å². The number of methoxy groups -OCH3 is 1. The Bertz CT molecular complexity index is 802. The minimum absolute atomic E-state index is 0.0525. The lowest BCUT2D eigenvalue weighted by molar-refractivity contribution is -0.138. The molecule has 0 bridgehead atoms. The molecule has 2 aromatic rings. The minimum atomic E-state index is -1.00. The molecular formula is C20H25NO5. The number of carboxylic acid groups (broad SMARTS) is 1. The van der Waals surface area contributed by atoms with E-state index in [1.807, 2.05) is 19.1 Å². The third-order valence-electron chi connectivity index (χ3n) is 5.17. The standard InChI is InChI=1S/C20H25NO5/c1-13-16-10-9-15(25-2)11-17(16)26-19(13)20(24)21(12-18(22)23)14-7-5-3-4-6-8-14/h9-11,14H,3-8,12H2,1-2H3,(H,22,23). The number of fused-ring (bicyclic) bond motifs is 1. The highest BCUT2D eigenvalue weighted by molar-refractivity contribution is 6.00. The Hall–Kier alpha value is -2.50. The van der Waals surface area contributed by atoms with Crippen LogP contribution < -0.4 is 4.74 Å². The molecule has 0 spiro atoms. The summed E-state index contributed by atoms with van der Waals surface area (Å²) in [6.07, 6.45) is 5.98. The first-order chi connectivity index (χ1) is 12.5. The van der Waals surface area contributed by atoms with Gasteiger partial charge in [0, 0.05) is 23.1 Å². The van der Waals surface area contributed by atoms with E-state index in [2.05, 4.69) is 0 Å². The van der Waals surface area contributed by atoms with Gasteiger partial charge in [0.05, 0.1) is 7.11 Å². The van der Waals surface area contributed by atoms with E-state index >= 15 is 0 Å². The molecule has 1 aromatic heterocycles. The van der Waals surface area contributed by atoms with Gasteiger partial charge in [-0.3, -0.25) is 9.59 Å². The third-order valence-corrected chi connectivity index (χ3v) is 5.17. The van der Waals surface area contributed by atoms with Crippen molar-refractivity contribution in [3.63, 3.8) is 0 Å². The maximum absolute atomic E-state index is 13.2. The number of aryl methyl sites for hydroxylation is 1. The average Bonchev–Trinajstić information content (AvgIpc) is 2.80. The van der Waals surface area contributed by atoms with Gasteiger partial charge in [0.25, 0.3) is 5.91 Å². The van der Waals surface area contributed by atoms with E-state index in [1.54, 1.807) is 13.2 Å². The molecule has 6 heteroatoms. The van der Waals surface area contributed by atoms with E-state index in [0.717, 1.165) is 49.5 Å². The summed E-state index contributed by atoms with van der Waals surface area (Å²) in [5.41, 5.74) is 1.30. The van der Waals surface area contributed by atoms with Gasteiger partial charge in [0.2, 0.25) is 0 Å². The molecule has 1 fully saturated rings. The summed E-state index contributed by atoms with van der Waals surface area (Å²) in [4.78, 5) is 26.0. The first kappa shape index (κ1) is 18.3. The number of hydrogen-bond donors (Lipinski definition) is 1. The number of aliphatic carboxylic acids is 1. The lowest BCUT2D eigenvalue weighted by Crippen LogP contribution is -2.43. The lowest BCUT2D eigenvalue weighted by atomic mass is 10.1. The summed E-state index contributed by atoms with van der Waals surface area (Å²) in [6.45, 7) is 1.53. The fraction of sp³-hybridized carbons (Fsp3) is 0.500. The molecule has 1 saturated carbocycles. The van der Waals surface area contributed by atoms with Crippen molar-refractivity contribution < 1.29 is 23.8 Å². The quantitative estimate of drug-likeness (QED) is 0.816. The van der Waals surface area contributed by atoms with Crippen molar-refractivity contribution in [2.75, 3.05) is 13.7 Å². The molecule has 0 radical (unpaired) electrons. The number of amides is 1. The van der Waals surface area contributed by atoms with Crippen molar-refractivity contribution in [3.8, 4) is 5.75 Å². The Kier molecular flexibility index (Phi) is 5.49. The third kappa shape index (κ3) is 3.69. The van der Waals surface area contributed by atoms with Crippen LogP contribution in [-0.2, 0) is 4.79 Å². The fourth-order valence-corrected chi connectivity index (χ4v) is 3.75. The van der Waals surface area contributed by atoms with Gasteiger partial charge in [-0.15, -0.1) is 0 Å². The van der Waals surface area contributed by atoms with Crippen LogP contribution >= 0.6 is 0 Å². The summed E-state index contributed by atoms with van der Waals surface area (Å²) in [6, 6.07) is 5.37. The molecule has 1 aliphatic carbocycles. The first-order valence-electron chi connectivity index (χ1n) is 9.11. The Morgan fingerprint density at radius 1 is 1.23 bits per heavy atom. The van der Waals surface area contributed by atoms with E-state index in [0.29, 0.717) is 11.3 Å². The SMILES string of the molecule is COc1ccc2c(C)c(C(=O)N(CC(=O)O)C3CCCCCC3)oc2c1. The zero-order valence-electron chi connectivity index (χ0n) is 15.3. The van der Waals surface area contributed by atoms with Crippen LogP contribution in [0.5, 0.6) is 5.75 Å². The molecule has 140 valence electrons. The monoisotopic (exact) mass is 359 g/mol. The van der Waals surface area contributed by atoms with Crippen molar-refractivity contribution in [2.24, 2.45) is 0 Å². The Balaban J connectivity index is 1.96. The minimum Gasteiger partial charge on any atom is -0.497 e. The van der Waals surface area contributed by atoms with E-state index in [9.17, 15) is 14.7 Å². The molecule has 0 saturated heterocycles.